The summed E-state index contributed by atoms with van der Waals surface area (Å²) in [6.45, 7) is 0. The van der Waals surface area contributed by atoms with Crippen LogP contribution in [-0.4, -0.2) is 25.1 Å². The third kappa shape index (κ3) is 16.9. The number of halogens is 2. The summed E-state index contributed by atoms with van der Waals surface area (Å²) in [5.74, 6) is -0.345. The van der Waals surface area contributed by atoms with Crippen LogP contribution in [-0.2, 0) is 10.1 Å². The van der Waals surface area contributed by atoms with Gasteiger partial charge in [0.05, 0.1) is 10.1 Å². The van der Waals surface area contributed by atoms with E-state index in [9.17, 15) is 21.8 Å². The number of nitrogens with one attached hydrogen (secondary N) is 1. The van der Waals surface area contributed by atoms with E-state index in [1.54, 1.807) is 0 Å². The third-order valence-electron chi connectivity index (χ3n) is 2.42. The van der Waals surface area contributed by atoms with Crippen molar-refractivity contribution in [2.75, 3.05) is 5.75 Å². The van der Waals surface area contributed by atoms with Crippen LogP contribution in [0.1, 0.15) is 38.5 Å². The standard InChI is InChI=1S/C8H16F2O3S.C5H5N/c9-8(10)6-4-2-1-3-5-7-14(11,12)13;1-2-4-6-5-3-1/h8H,1-7H2,(H,11,12,13);1-5H. The molecule has 0 saturated heterocycles. The number of alkyl halides is 2. The van der Waals surface area contributed by atoms with Crippen LogP contribution in [0.2, 0.25) is 0 Å². The molecular formula is C13H21F2NO3S. The lowest BCUT2D eigenvalue weighted by molar-refractivity contribution is -0.377. The SMILES string of the molecule is O=S(=O)([O-])CCCCCCCC(F)F.c1cc[nH+]cc1. The van der Waals surface area contributed by atoms with Crippen molar-refractivity contribution in [1.29, 1.82) is 0 Å². The molecular weight excluding hydrogens is 288 g/mol. The number of H-pyrrole nitrogens is 1. The van der Waals surface area contributed by atoms with Crippen molar-refractivity contribution in [2.24, 2.45) is 0 Å². The third-order valence-corrected chi connectivity index (χ3v) is 3.21. The predicted molar refractivity (Wildman–Crippen MR) is 71.3 cm³/mol. The highest BCUT2D eigenvalue weighted by molar-refractivity contribution is 7.85. The second-order valence-electron chi connectivity index (χ2n) is 4.29. The van der Waals surface area contributed by atoms with Crippen LogP contribution in [0.5, 0.6) is 0 Å². The number of aromatic amines is 1. The van der Waals surface area contributed by atoms with Gasteiger partial charge in [0, 0.05) is 24.3 Å². The molecule has 116 valence electrons. The van der Waals surface area contributed by atoms with Gasteiger partial charge in [-0.05, 0) is 12.8 Å². The molecule has 0 saturated carbocycles. The number of unbranched alkanes of at least 4 members (excludes halogenated alkanes) is 4. The summed E-state index contributed by atoms with van der Waals surface area (Å²) in [6.07, 6.45) is 4.19. The van der Waals surface area contributed by atoms with Gasteiger partial charge in [-0.15, -0.1) is 0 Å². The Morgan fingerprint density at radius 3 is 1.90 bits per heavy atom. The molecule has 1 aromatic heterocycles. The number of pyridine rings is 1. The molecule has 1 aromatic rings. The average molecular weight is 309 g/mol. The average Bonchev–Trinajstić information content (AvgIpc) is 2.39. The largest absolute Gasteiger partial charge is 0.748 e. The predicted octanol–water partition coefficient (Wildman–Crippen LogP) is 2.64. The van der Waals surface area contributed by atoms with Crippen LogP contribution in [0.25, 0.3) is 0 Å². The molecule has 4 nitrogen and oxygen atoms in total. The summed E-state index contributed by atoms with van der Waals surface area (Å²) in [7, 11) is -4.10. The maximum Gasteiger partial charge on any atom is 0.238 e. The number of aromatic nitrogens is 1. The number of hydrogen-bond donors (Lipinski definition) is 0. The first kappa shape index (κ1) is 18.9. The monoisotopic (exact) mass is 309 g/mol. The molecule has 1 rings (SSSR count). The van der Waals surface area contributed by atoms with E-state index in [1.807, 2.05) is 30.6 Å². The van der Waals surface area contributed by atoms with Gasteiger partial charge < -0.3 is 4.55 Å². The fourth-order valence-corrected chi connectivity index (χ4v) is 2.01. The molecule has 0 bridgehead atoms. The highest BCUT2D eigenvalue weighted by Gasteiger charge is 2.01. The zero-order chi connectivity index (χ0) is 15.3. The Labute approximate surface area is 119 Å². The second kappa shape index (κ2) is 11.7. The summed E-state index contributed by atoms with van der Waals surface area (Å²) < 4.78 is 53.8. The van der Waals surface area contributed by atoms with Crippen molar-refractivity contribution >= 4 is 10.1 Å². The summed E-state index contributed by atoms with van der Waals surface area (Å²) in [5, 5.41) is 0. The Morgan fingerprint density at radius 2 is 1.50 bits per heavy atom. The minimum atomic E-state index is -4.10. The van der Waals surface area contributed by atoms with Gasteiger partial charge in [0.2, 0.25) is 6.43 Å². The molecule has 7 heteroatoms. The van der Waals surface area contributed by atoms with Crippen molar-refractivity contribution in [3.05, 3.63) is 30.6 Å². The lowest BCUT2D eigenvalue weighted by Gasteiger charge is -2.05. The van der Waals surface area contributed by atoms with Crippen molar-refractivity contribution in [1.82, 2.24) is 0 Å². The molecule has 0 aromatic carbocycles. The van der Waals surface area contributed by atoms with Gasteiger partial charge in [-0.3, -0.25) is 0 Å². The maximum absolute atomic E-state index is 11.6. The smallest absolute Gasteiger partial charge is 0.238 e. The molecule has 20 heavy (non-hydrogen) atoms. The van der Waals surface area contributed by atoms with Gasteiger partial charge in [-0.1, -0.05) is 25.3 Å². The van der Waals surface area contributed by atoms with Gasteiger partial charge in [0.15, 0.2) is 12.4 Å². The van der Waals surface area contributed by atoms with Crippen LogP contribution < -0.4 is 4.98 Å². The van der Waals surface area contributed by atoms with Crippen LogP contribution in [0, 0.1) is 0 Å². The number of rotatable bonds is 8. The Morgan fingerprint density at radius 1 is 0.950 bits per heavy atom. The molecule has 0 radical (unpaired) electrons. The molecule has 0 unspecified atom stereocenters. The first-order valence-corrected chi connectivity index (χ1v) is 8.12. The van der Waals surface area contributed by atoms with Crippen molar-refractivity contribution in [3.8, 4) is 0 Å². The maximum atomic E-state index is 11.6. The quantitative estimate of drug-likeness (QED) is 0.547. The topological polar surface area (TPSA) is 71.3 Å². The van der Waals surface area contributed by atoms with Crippen LogP contribution in [0.3, 0.4) is 0 Å². The van der Waals surface area contributed by atoms with E-state index < -0.39 is 16.5 Å². The van der Waals surface area contributed by atoms with E-state index in [4.69, 9.17) is 0 Å². The molecule has 0 aliphatic heterocycles. The Hall–Kier alpha value is -1.08. The highest BCUT2D eigenvalue weighted by atomic mass is 32.2. The molecule has 0 aliphatic carbocycles. The molecule has 0 spiro atoms. The summed E-state index contributed by atoms with van der Waals surface area (Å²) in [4.78, 5) is 2.89. The van der Waals surface area contributed by atoms with Gasteiger partial charge >= 0.3 is 0 Å². The zero-order valence-corrected chi connectivity index (χ0v) is 12.1. The van der Waals surface area contributed by atoms with E-state index >= 15 is 0 Å². The first-order chi connectivity index (χ1) is 9.42. The Kier molecular flexibility index (Phi) is 11.1. The second-order valence-corrected chi connectivity index (χ2v) is 5.81. The van der Waals surface area contributed by atoms with Crippen molar-refractivity contribution < 1.29 is 26.7 Å². The normalized spacial score (nSPS) is 11.0. The van der Waals surface area contributed by atoms with Gasteiger partial charge in [-0.25, -0.2) is 22.2 Å². The van der Waals surface area contributed by atoms with Crippen molar-refractivity contribution in [2.45, 2.75) is 45.0 Å². The number of hydrogen-bond acceptors (Lipinski definition) is 3. The van der Waals surface area contributed by atoms with Crippen LogP contribution >= 0.6 is 0 Å². The first-order valence-electron chi connectivity index (χ1n) is 6.54. The van der Waals surface area contributed by atoms with Gasteiger partial charge in [0.1, 0.15) is 0 Å². The van der Waals surface area contributed by atoms with E-state index in [2.05, 4.69) is 4.98 Å². The van der Waals surface area contributed by atoms with Crippen LogP contribution in [0.4, 0.5) is 8.78 Å². The lowest BCUT2D eigenvalue weighted by Crippen LogP contribution is -2.03. The molecule has 0 atom stereocenters. The van der Waals surface area contributed by atoms with Crippen LogP contribution in [0.15, 0.2) is 30.6 Å². The van der Waals surface area contributed by atoms with Gasteiger partial charge in [0.25, 0.3) is 0 Å². The van der Waals surface area contributed by atoms with E-state index in [0.29, 0.717) is 32.1 Å². The lowest BCUT2D eigenvalue weighted by atomic mass is 10.1. The molecule has 1 heterocycles. The fraction of sp³-hybridized carbons (Fsp3) is 0.615. The summed E-state index contributed by atoms with van der Waals surface area (Å²) in [5.41, 5.74) is 0. The molecule has 1 N–H and O–H groups in total. The minimum absolute atomic E-state index is 0.0974. The minimum Gasteiger partial charge on any atom is -0.748 e. The summed E-state index contributed by atoms with van der Waals surface area (Å²) >= 11 is 0. The molecule has 0 aliphatic rings. The van der Waals surface area contributed by atoms with Gasteiger partial charge in [-0.2, -0.15) is 0 Å². The Balaban J connectivity index is 0.000000493. The Bertz CT molecular complexity index is 386. The molecule has 0 amide bonds. The highest BCUT2D eigenvalue weighted by Crippen LogP contribution is 2.10. The van der Waals surface area contributed by atoms with Crippen molar-refractivity contribution in [3.63, 3.8) is 0 Å². The molecule has 0 fully saturated rings. The zero-order valence-electron chi connectivity index (χ0n) is 11.3. The van der Waals surface area contributed by atoms with E-state index in [0.717, 1.165) is 0 Å². The van der Waals surface area contributed by atoms with E-state index in [1.165, 1.54) is 0 Å². The van der Waals surface area contributed by atoms with E-state index in [-0.39, 0.29) is 12.2 Å². The fourth-order valence-electron chi connectivity index (χ4n) is 1.45. The summed E-state index contributed by atoms with van der Waals surface area (Å²) in [6, 6.07) is 5.86.